The topological polar surface area (TPSA) is 47.4 Å². The maximum atomic E-state index is 13.0. The summed E-state index contributed by atoms with van der Waals surface area (Å²) in [6.45, 7) is 3.72. The summed E-state index contributed by atoms with van der Waals surface area (Å²) in [5.74, 6) is 1.88. The molecule has 0 aliphatic carbocycles. The Kier molecular flexibility index (Phi) is 5.58. The van der Waals surface area contributed by atoms with Crippen molar-refractivity contribution >= 4 is 34.2 Å². The molecule has 0 spiro atoms. The minimum Gasteiger partial charge on any atom is -0.492 e. The molecule has 5 nitrogen and oxygen atoms in total. The smallest absolute Gasteiger partial charge is 0.227 e. The summed E-state index contributed by atoms with van der Waals surface area (Å²) >= 11 is 6.31. The first-order valence-electron chi connectivity index (χ1n) is 10.8. The number of para-hydroxylation sites is 3. The van der Waals surface area contributed by atoms with Crippen molar-refractivity contribution in [3.63, 3.8) is 0 Å². The second-order valence-electron chi connectivity index (χ2n) is 8.06. The van der Waals surface area contributed by atoms with E-state index in [1.54, 1.807) is 0 Å². The van der Waals surface area contributed by atoms with E-state index in [0.717, 1.165) is 33.9 Å². The molecule has 3 aromatic carbocycles. The lowest BCUT2D eigenvalue weighted by molar-refractivity contribution is -0.117. The van der Waals surface area contributed by atoms with E-state index in [0.29, 0.717) is 31.1 Å². The van der Waals surface area contributed by atoms with E-state index in [9.17, 15) is 4.79 Å². The highest BCUT2D eigenvalue weighted by molar-refractivity contribution is 6.31. The first kappa shape index (κ1) is 20.6. The molecule has 32 heavy (non-hydrogen) atoms. The molecular formula is C26H24ClN3O2. The van der Waals surface area contributed by atoms with Gasteiger partial charge in [0.15, 0.2) is 0 Å². The van der Waals surface area contributed by atoms with Crippen LogP contribution in [0.3, 0.4) is 0 Å². The Hall–Kier alpha value is -3.31. The third-order valence-electron chi connectivity index (χ3n) is 6.03. The van der Waals surface area contributed by atoms with Gasteiger partial charge in [0.1, 0.15) is 18.2 Å². The van der Waals surface area contributed by atoms with Crippen LogP contribution in [-0.2, 0) is 11.3 Å². The molecule has 5 rings (SSSR count). The number of hydrogen-bond acceptors (Lipinski definition) is 3. The van der Waals surface area contributed by atoms with E-state index < -0.39 is 0 Å². The Morgan fingerprint density at radius 1 is 1.03 bits per heavy atom. The summed E-state index contributed by atoms with van der Waals surface area (Å²) in [4.78, 5) is 19.7. The van der Waals surface area contributed by atoms with Crippen LogP contribution in [0.5, 0.6) is 5.75 Å². The molecule has 1 aliphatic heterocycles. The zero-order valence-corrected chi connectivity index (χ0v) is 18.6. The van der Waals surface area contributed by atoms with Crippen LogP contribution in [0.2, 0.25) is 5.02 Å². The largest absolute Gasteiger partial charge is 0.492 e. The van der Waals surface area contributed by atoms with Crippen molar-refractivity contribution in [3.8, 4) is 5.75 Å². The van der Waals surface area contributed by atoms with Crippen molar-refractivity contribution in [2.75, 3.05) is 18.1 Å². The number of hydrogen-bond donors (Lipinski definition) is 0. The van der Waals surface area contributed by atoms with Crippen LogP contribution in [0.15, 0.2) is 72.8 Å². The molecule has 0 N–H and O–H groups in total. The normalized spacial score (nSPS) is 16.1. The van der Waals surface area contributed by atoms with E-state index in [-0.39, 0.29) is 11.8 Å². The number of benzene rings is 3. The summed E-state index contributed by atoms with van der Waals surface area (Å²) in [6.07, 6.45) is 0.425. The number of halogens is 1. The lowest BCUT2D eigenvalue weighted by Crippen LogP contribution is -2.25. The fourth-order valence-electron chi connectivity index (χ4n) is 4.41. The zero-order chi connectivity index (χ0) is 22.1. The van der Waals surface area contributed by atoms with Crippen LogP contribution in [0, 0.1) is 6.92 Å². The van der Waals surface area contributed by atoms with Crippen molar-refractivity contribution in [2.24, 2.45) is 0 Å². The molecule has 1 saturated heterocycles. The molecule has 2 heterocycles. The maximum absolute atomic E-state index is 13.0. The number of ether oxygens (including phenoxy) is 1. The van der Waals surface area contributed by atoms with Crippen molar-refractivity contribution in [2.45, 2.75) is 25.8 Å². The highest BCUT2D eigenvalue weighted by atomic mass is 35.5. The van der Waals surface area contributed by atoms with Crippen LogP contribution in [0.25, 0.3) is 11.0 Å². The van der Waals surface area contributed by atoms with Gasteiger partial charge < -0.3 is 14.2 Å². The van der Waals surface area contributed by atoms with Gasteiger partial charge in [-0.15, -0.1) is 0 Å². The summed E-state index contributed by atoms with van der Waals surface area (Å²) in [6, 6.07) is 23.6. The van der Waals surface area contributed by atoms with Crippen LogP contribution in [0.4, 0.5) is 5.69 Å². The molecule has 4 aromatic rings. The van der Waals surface area contributed by atoms with Gasteiger partial charge in [-0.2, -0.15) is 0 Å². The predicted octanol–water partition coefficient (Wildman–Crippen LogP) is 5.60. The zero-order valence-electron chi connectivity index (χ0n) is 17.9. The highest BCUT2D eigenvalue weighted by Crippen LogP contribution is 2.36. The van der Waals surface area contributed by atoms with Gasteiger partial charge in [-0.05, 0) is 48.9 Å². The van der Waals surface area contributed by atoms with E-state index in [2.05, 4.69) is 10.6 Å². The fraction of sp³-hybridized carbons (Fsp3) is 0.231. The van der Waals surface area contributed by atoms with Crippen molar-refractivity contribution in [1.29, 1.82) is 0 Å². The maximum Gasteiger partial charge on any atom is 0.227 e. The SMILES string of the molecule is Cc1c(Cl)cccc1N1C[C@H](c2nc3ccccc3n2CCOc2ccccc2)CC1=O. The van der Waals surface area contributed by atoms with Gasteiger partial charge in [-0.1, -0.05) is 48.0 Å². The van der Waals surface area contributed by atoms with E-state index in [4.69, 9.17) is 21.3 Å². The lowest BCUT2D eigenvalue weighted by Gasteiger charge is -2.20. The Morgan fingerprint density at radius 3 is 2.66 bits per heavy atom. The molecule has 0 radical (unpaired) electrons. The Labute approximate surface area is 192 Å². The number of amides is 1. The quantitative estimate of drug-likeness (QED) is 0.388. The number of nitrogens with zero attached hydrogens (tertiary/aromatic N) is 3. The Morgan fingerprint density at radius 2 is 1.81 bits per heavy atom. The molecule has 1 aliphatic rings. The summed E-state index contributed by atoms with van der Waals surface area (Å²) in [5.41, 5.74) is 3.80. The first-order chi connectivity index (χ1) is 15.6. The van der Waals surface area contributed by atoms with Crippen molar-refractivity contribution in [3.05, 3.63) is 89.2 Å². The number of carbonyl (C=O) groups is 1. The van der Waals surface area contributed by atoms with Gasteiger partial charge in [0, 0.05) is 29.6 Å². The fourth-order valence-corrected chi connectivity index (χ4v) is 4.58. The predicted molar refractivity (Wildman–Crippen MR) is 128 cm³/mol. The first-order valence-corrected chi connectivity index (χ1v) is 11.2. The molecular weight excluding hydrogens is 422 g/mol. The van der Waals surface area contributed by atoms with Gasteiger partial charge >= 0.3 is 0 Å². The number of imidazole rings is 1. The number of rotatable bonds is 6. The number of carbonyl (C=O) groups excluding carboxylic acids is 1. The molecule has 0 saturated carbocycles. The second-order valence-corrected chi connectivity index (χ2v) is 8.47. The van der Waals surface area contributed by atoms with Gasteiger partial charge in [0.05, 0.1) is 17.6 Å². The highest BCUT2D eigenvalue weighted by Gasteiger charge is 2.35. The average Bonchev–Trinajstić information content (AvgIpc) is 3.37. The van der Waals surface area contributed by atoms with Gasteiger partial charge in [0.2, 0.25) is 5.91 Å². The van der Waals surface area contributed by atoms with E-state index >= 15 is 0 Å². The van der Waals surface area contributed by atoms with E-state index in [1.165, 1.54) is 0 Å². The molecule has 0 bridgehead atoms. The molecule has 1 fully saturated rings. The summed E-state index contributed by atoms with van der Waals surface area (Å²) < 4.78 is 8.14. The number of aromatic nitrogens is 2. The molecule has 1 amide bonds. The van der Waals surface area contributed by atoms with Crippen LogP contribution < -0.4 is 9.64 Å². The molecule has 162 valence electrons. The van der Waals surface area contributed by atoms with Crippen LogP contribution >= 0.6 is 11.6 Å². The Bertz CT molecular complexity index is 1270. The summed E-state index contributed by atoms with van der Waals surface area (Å²) in [5, 5.41) is 0.670. The van der Waals surface area contributed by atoms with E-state index in [1.807, 2.05) is 78.6 Å². The molecule has 6 heteroatoms. The summed E-state index contributed by atoms with van der Waals surface area (Å²) in [7, 11) is 0. The van der Waals surface area contributed by atoms with Crippen molar-refractivity contribution in [1.82, 2.24) is 9.55 Å². The standard InChI is InChI=1S/C26H24ClN3O2/c1-18-21(27)10-7-13-23(18)30-17-19(16-25(30)31)26-28-22-11-5-6-12-24(22)29(26)14-15-32-20-8-3-2-4-9-20/h2-13,19H,14-17H2,1H3/t19-/m1/s1. The average molecular weight is 446 g/mol. The monoisotopic (exact) mass is 445 g/mol. The van der Waals surface area contributed by atoms with Gasteiger partial charge in [0.25, 0.3) is 0 Å². The van der Waals surface area contributed by atoms with Gasteiger partial charge in [-0.3, -0.25) is 4.79 Å². The van der Waals surface area contributed by atoms with Crippen molar-refractivity contribution < 1.29 is 9.53 Å². The molecule has 1 atom stereocenters. The molecule has 0 unspecified atom stereocenters. The minimum atomic E-state index is 0.00464. The number of fused-ring (bicyclic) bond motifs is 1. The third kappa shape index (κ3) is 3.84. The third-order valence-corrected chi connectivity index (χ3v) is 6.44. The molecule has 1 aromatic heterocycles. The van der Waals surface area contributed by atoms with Gasteiger partial charge in [-0.25, -0.2) is 4.98 Å². The second kappa shape index (κ2) is 8.67. The minimum absolute atomic E-state index is 0.00464. The van der Waals surface area contributed by atoms with Crippen LogP contribution in [-0.4, -0.2) is 28.6 Å². The van der Waals surface area contributed by atoms with Crippen LogP contribution in [0.1, 0.15) is 23.7 Å². The number of anilines is 1. The Balaban J connectivity index is 1.43. The lowest BCUT2D eigenvalue weighted by atomic mass is 10.1.